The molecule has 0 aromatic rings. The van der Waals surface area contributed by atoms with Gasteiger partial charge in [-0.3, -0.25) is 0 Å². The summed E-state index contributed by atoms with van der Waals surface area (Å²) in [5, 5.41) is 0. The zero-order valence-electron chi connectivity index (χ0n) is 17.1. The van der Waals surface area contributed by atoms with Gasteiger partial charge in [0.25, 0.3) is 0 Å². The van der Waals surface area contributed by atoms with Crippen LogP contribution in [0.2, 0.25) is 0 Å². The molecule has 0 amide bonds. The van der Waals surface area contributed by atoms with Crippen molar-refractivity contribution in [2.75, 3.05) is 0 Å². The predicted octanol–water partition coefficient (Wildman–Crippen LogP) is 5.24. The number of fused-ring (bicyclic) bond motifs is 12. The Morgan fingerprint density at radius 3 is 1.25 bits per heavy atom. The fraction of sp³-hybridized carbons (Fsp3) is 0.846. The first-order chi connectivity index (χ1) is 13.7. The van der Waals surface area contributed by atoms with Crippen LogP contribution in [0.25, 0.3) is 0 Å². The molecule has 152 valence electrons. The Morgan fingerprint density at radius 1 is 0.464 bits per heavy atom. The van der Waals surface area contributed by atoms with Crippen LogP contribution in [0.15, 0.2) is 25.3 Å². The largest absolute Gasteiger partial charge is 0.370 e. The minimum atomic E-state index is 0.668. The van der Waals surface area contributed by atoms with Gasteiger partial charge in [-0.2, -0.15) is 0 Å². The lowest BCUT2D eigenvalue weighted by atomic mass is 9.67. The summed E-state index contributed by atoms with van der Waals surface area (Å²) >= 11 is 0. The molecular weight excluding hydrogens is 344 g/mol. The van der Waals surface area contributed by atoms with Gasteiger partial charge in [0.2, 0.25) is 0 Å². The predicted molar refractivity (Wildman–Crippen MR) is 110 cm³/mol. The molecule has 2 saturated heterocycles. The SMILES string of the molecule is C=C[C@@H]1C[C@H]2C[C@@H]1C1C[C@@H]3O[C@@H]3CC12.C=C[C@@H]1C[C@H]2C[C@@H]1C1C[C@H]3O[C@H]3CC12. The topological polar surface area (TPSA) is 25.1 Å². The van der Waals surface area contributed by atoms with E-state index in [9.17, 15) is 0 Å². The fourth-order valence-electron chi connectivity index (χ4n) is 9.54. The Labute approximate surface area is 170 Å². The van der Waals surface area contributed by atoms with Crippen LogP contribution < -0.4 is 0 Å². The third kappa shape index (κ3) is 2.40. The molecule has 6 saturated carbocycles. The summed E-state index contributed by atoms with van der Waals surface area (Å²) in [6.45, 7) is 7.99. The number of hydrogen-bond acceptors (Lipinski definition) is 2. The number of hydrogen-bond donors (Lipinski definition) is 0. The number of allylic oxidation sites excluding steroid dienone is 2. The van der Waals surface area contributed by atoms with E-state index in [0.717, 1.165) is 59.2 Å². The van der Waals surface area contributed by atoms with Gasteiger partial charge in [0.05, 0.1) is 24.4 Å². The van der Waals surface area contributed by atoms with Gasteiger partial charge < -0.3 is 9.47 Å². The van der Waals surface area contributed by atoms with Crippen LogP contribution in [-0.2, 0) is 9.47 Å². The zero-order valence-corrected chi connectivity index (χ0v) is 17.1. The lowest BCUT2D eigenvalue weighted by molar-refractivity contribution is 0.148. The van der Waals surface area contributed by atoms with E-state index in [1.54, 1.807) is 0 Å². The van der Waals surface area contributed by atoms with E-state index in [4.69, 9.17) is 9.47 Å². The van der Waals surface area contributed by atoms with Gasteiger partial charge >= 0.3 is 0 Å². The van der Waals surface area contributed by atoms with E-state index in [-0.39, 0.29) is 0 Å². The van der Waals surface area contributed by atoms with Crippen LogP contribution in [0.4, 0.5) is 0 Å². The van der Waals surface area contributed by atoms with Crippen molar-refractivity contribution in [1.29, 1.82) is 0 Å². The highest BCUT2D eigenvalue weighted by Crippen LogP contribution is 2.63. The van der Waals surface area contributed by atoms with Crippen molar-refractivity contribution in [3.05, 3.63) is 25.3 Å². The lowest BCUT2D eigenvalue weighted by Crippen LogP contribution is -2.32. The monoisotopic (exact) mass is 380 g/mol. The Morgan fingerprint density at radius 2 is 0.857 bits per heavy atom. The molecule has 8 rings (SSSR count). The highest BCUT2D eigenvalue weighted by Gasteiger charge is 2.60. The van der Waals surface area contributed by atoms with Crippen molar-refractivity contribution in [2.24, 2.45) is 59.2 Å². The van der Waals surface area contributed by atoms with Crippen LogP contribution in [0, 0.1) is 59.2 Å². The Balaban J connectivity index is 0.000000103. The summed E-state index contributed by atoms with van der Waals surface area (Å²) in [4.78, 5) is 0. The van der Waals surface area contributed by atoms with Crippen LogP contribution in [-0.4, -0.2) is 24.4 Å². The van der Waals surface area contributed by atoms with Gasteiger partial charge in [0, 0.05) is 0 Å². The van der Waals surface area contributed by atoms with Crippen LogP contribution in [0.3, 0.4) is 0 Å². The first-order valence-corrected chi connectivity index (χ1v) is 12.3. The van der Waals surface area contributed by atoms with E-state index in [1.165, 1.54) is 51.4 Å². The van der Waals surface area contributed by atoms with Crippen molar-refractivity contribution in [1.82, 2.24) is 0 Å². The second-order valence-electron chi connectivity index (χ2n) is 11.6. The Hall–Kier alpha value is -0.600. The maximum Gasteiger partial charge on any atom is 0.0844 e. The van der Waals surface area contributed by atoms with E-state index in [0.29, 0.717) is 24.4 Å². The van der Waals surface area contributed by atoms with E-state index in [1.807, 2.05) is 0 Å². The van der Waals surface area contributed by atoms with Crippen LogP contribution >= 0.6 is 0 Å². The Bertz CT molecular complexity index is 628. The fourth-order valence-corrected chi connectivity index (χ4v) is 9.54. The van der Waals surface area contributed by atoms with Gasteiger partial charge in [-0.25, -0.2) is 0 Å². The van der Waals surface area contributed by atoms with E-state index < -0.39 is 0 Å². The van der Waals surface area contributed by atoms with Gasteiger partial charge in [-0.1, -0.05) is 12.2 Å². The quantitative estimate of drug-likeness (QED) is 0.483. The van der Waals surface area contributed by atoms with Crippen molar-refractivity contribution in [3.63, 3.8) is 0 Å². The molecule has 4 bridgehead atoms. The molecular formula is C26H36O2. The minimum absolute atomic E-state index is 0.668. The minimum Gasteiger partial charge on any atom is -0.370 e. The molecule has 0 aromatic carbocycles. The standard InChI is InChI=1S/2C13H18O/c2*1-2-7-3-8-4-9(7)11-6-13-12(14-13)5-10(8)11/h2*2,7-13H,1,3-6H2/t7-,8+,9+,10?,11?,12+,13-;7-,8+,9+,10?,11?,12-,13+/m11/s1. The first-order valence-electron chi connectivity index (χ1n) is 12.3. The van der Waals surface area contributed by atoms with Gasteiger partial charge in [-0.15, -0.1) is 13.2 Å². The second kappa shape index (κ2) is 5.97. The molecule has 2 heteroatoms. The van der Waals surface area contributed by atoms with Gasteiger partial charge in [-0.05, 0) is 111 Å². The summed E-state index contributed by atoms with van der Waals surface area (Å²) < 4.78 is 11.4. The zero-order chi connectivity index (χ0) is 18.6. The summed E-state index contributed by atoms with van der Waals surface area (Å²) in [7, 11) is 0. The normalized spacial score (nSPS) is 63.3. The number of ether oxygens (including phenoxy) is 2. The van der Waals surface area contributed by atoms with Gasteiger partial charge in [0.15, 0.2) is 0 Å². The molecule has 8 aliphatic rings. The maximum atomic E-state index is 5.68. The molecule has 2 aliphatic heterocycles. The molecule has 2 heterocycles. The molecule has 0 radical (unpaired) electrons. The average Bonchev–Trinajstić information content (AvgIpc) is 3.45. The van der Waals surface area contributed by atoms with E-state index >= 15 is 0 Å². The highest BCUT2D eigenvalue weighted by atomic mass is 16.6. The maximum absolute atomic E-state index is 5.68. The third-order valence-corrected chi connectivity index (χ3v) is 10.8. The molecule has 2 nitrogen and oxygen atoms in total. The molecule has 0 aromatic heterocycles. The van der Waals surface area contributed by atoms with Crippen molar-refractivity contribution in [2.45, 2.75) is 75.8 Å². The van der Waals surface area contributed by atoms with Crippen molar-refractivity contribution < 1.29 is 9.47 Å². The number of rotatable bonds is 2. The van der Waals surface area contributed by atoms with E-state index in [2.05, 4.69) is 25.3 Å². The second-order valence-corrected chi connectivity index (χ2v) is 11.6. The smallest absolute Gasteiger partial charge is 0.0844 e. The average molecular weight is 381 g/mol. The van der Waals surface area contributed by atoms with Gasteiger partial charge in [0.1, 0.15) is 0 Å². The molecule has 0 N–H and O–H groups in total. The lowest BCUT2D eigenvalue weighted by Gasteiger charge is -2.36. The highest BCUT2D eigenvalue weighted by molar-refractivity contribution is 5.12. The summed E-state index contributed by atoms with van der Waals surface area (Å²) in [5.41, 5.74) is 0. The molecule has 4 unspecified atom stereocenters. The molecule has 6 aliphatic carbocycles. The van der Waals surface area contributed by atoms with Crippen LogP contribution in [0.1, 0.15) is 51.4 Å². The molecule has 28 heavy (non-hydrogen) atoms. The molecule has 0 spiro atoms. The summed E-state index contributed by atoms with van der Waals surface area (Å²) in [5.74, 6) is 9.76. The number of epoxide rings is 2. The Kier molecular flexibility index (Phi) is 3.65. The first kappa shape index (κ1) is 17.1. The summed E-state index contributed by atoms with van der Waals surface area (Å²) in [6.07, 6.45) is 18.6. The summed E-state index contributed by atoms with van der Waals surface area (Å²) in [6, 6.07) is 0. The van der Waals surface area contributed by atoms with Crippen molar-refractivity contribution >= 4 is 0 Å². The van der Waals surface area contributed by atoms with Crippen LogP contribution in [0.5, 0.6) is 0 Å². The molecule has 14 atom stereocenters. The third-order valence-electron chi connectivity index (χ3n) is 10.8. The van der Waals surface area contributed by atoms with Crippen molar-refractivity contribution in [3.8, 4) is 0 Å². The molecule has 8 fully saturated rings.